The highest BCUT2D eigenvalue weighted by Gasteiger charge is 2.70. The molecule has 12 nitrogen and oxygen atoms in total. The molecule has 2 saturated heterocycles. The Kier molecular flexibility index (Phi) is 4.70. The molecular formula is C29H21N5O7. The van der Waals surface area contributed by atoms with Gasteiger partial charge < -0.3 is 19.8 Å². The van der Waals surface area contributed by atoms with Gasteiger partial charge in [0.15, 0.2) is 11.5 Å². The molecule has 0 unspecified atom stereocenters. The molecule has 5 heterocycles. The van der Waals surface area contributed by atoms with E-state index < -0.39 is 46.1 Å². The van der Waals surface area contributed by atoms with Gasteiger partial charge in [-0.3, -0.25) is 29.8 Å². The maximum atomic E-state index is 14.3. The van der Waals surface area contributed by atoms with Crippen LogP contribution in [0.15, 0.2) is 66.9 Å². The molecule has 0 aliphatic carbocycles. The van der Waals surface area contributed by atoms with E-state index in [4.69, 9.17) is 9.47 Å². The Hall–Kier alpha value is -5.23. The van der Waals surface area contributed by atoms with Gasteiger partial charge in [-0.15, -0.1) is 0 Å². The number of para-hydroxylation sites is 1. The number of imide groups is 1. The highest BCUT2D eigenvalue weighted by Crippen LogP contribution is 2.55. The number of non-ortho nitro benzene ring substituents is 1. The Morgan fingerprint density at radius 1 is 1.00 bits per heavy atom. The Morgan fingerprint density at radius 2 is 1.83 bits per heavy atom. The molecule has 3 amide bonds. The fourth-order valence-electron chi connectivity index (χ4n) is 6.89. The first kappa shape index (κ1) is 23.6. The van der Waals surface area contributed by atoms with Crippen molar-refractivity contribution in [3.8, 4) is 11.5 Å². The summed E-state index contributed by atoms with van der Waals surface area (Å²) in [5.41, 5.74) is 0.874. The van der Waals surface area contributed by atoms with Crippen LogP contribution in [0.1, 0.15) is 11.1 Å². The van der Waals surface area contributed by atoms with Crippen molar-refractivity contribution in [1.82, 2.24) is 10.3 Å². The van der Waals surface area contributed by atoms with E-state index in [-0.39, 0.29) is 18.0 Å². The molecule has 41 heavy (non-hydrogen) atoms. The average molecular weight is 552 g/mol. The highest BCUT2D eigenvalue weighted by atomic mass is 16.7. The molecule has 3 aromatic carbocycles. The van der Waals surface area contributed by atoms with Crippen LogP contribution in [-0.4, -0.2) is 40.5 Å². The van der Waals surface area contributed by atoms with E-state index in [1.807, 2.05) is 30.5 Å². The van der Waals surface area contributed by atoms with Gasteiger partial charge in [0.25, 0.3) is 5.69 Å². The topological polar surface area (TPSA) is 156 Å². The van der Waals surface area contributed by atoms with Crippen molar-refractivity contribution < 1.29 is 28.8 Å². The third-order valence-electron chi connectivity index (χ3n) is 8.64. The second kappa shape index (κ2) is 8.15. The summed E-state index contributed by atoms with van der Waals surface area (Å²) in [6.07, 6.45) is 2.19. The van der Waals surface area contributed by atoms with Crippen LogP contribution in [0, 0.1) is 22.0 Å². The van der Waals surface area contributed by atoms with Crippen molar-refractivity contribution in [3.63, 3.8) is 0 Å². The van der Waals surface area contributed by atoms with Gasteiger partial charge in [-0.2, -0.15) is 0 Å². The van der Waals surface area contributed by atoms with Gasteiger partial charge in [0.05, 0.1) is 22.4 Å². The van der Waals surface area contributed by atoms with Gasteiger partial charge in [-0.05, 0) is 36.2 Å². The van der Waals surface area contributed by atoms with E-state index in [1.165, 1.54) is 18.2 Å². The summed E-state index contributed by atoms with van der Waals surface area (Å²) in [5.74, 6) is -2.71. The molecule has 2 fully saturated rings. The molecule has 8 rings (SSSR count). The summed E-state index contributed by atoms with van der Waals surface area (Å²) in [7, 11) is 0. The van der Waals surface area contributed by atoms with Crippen molar-refractivity contribution in [2.45, 2.75) is 18.0 Å². The fourth-order valence-corrected chi connectivity index (χ4v) is 6.89. The van der Waals surface area contributed by atoms with Crippen molar-refractivity contribution in [2.24, 2.45) is 11.8 Å². The van der Waals surface area contributed by atoms with Crippen LogP contribution in [0.3, 0.4) is 0 Å². The Bertz CT molecular complexity index is 1850. The van der Waals surface area contributed by atoms with E-state index >= 15 is 0 Å². The molecule has 4 atom stereocenters. The quantitative estimate of drug-likeness (QED) is 0.199. The number of amides is 3. The van der Waals surface area contributed by atoms with Gasteiger partial charge in [0, 0.05) is 52.6 Å². The number of hydrogen-bond acceptors (Lipinski definition) is 8. The lowest BCUT2D eigenvalue weighted by Gasteiger charge is -2.29. The van der Waals surface area contributed by atoms with E-state index in [0.717, 1.165) is 21.4 Å². The first-order chi connectivity index (χ1) is 19.9. The summed E-state index contributed by atoms with van der Waals surface area (Å²) in [6, 6.07) is 16.0. The zero-order valence-electron chi connectivity index (χ0n) is 21.2. The highest BCUT2D eigenvalue weighted by molar-refractivity contribution is 6.26. The minimum atomic E-state index is -1.68. The first-order valence-electron chi connectivity index (χ1n) is 13.1. The number of hydrogen-bond donors (Lipinski definition) is 3. The molecule has 1 aromatic heterocycles. The van der Waals surface area contributed by atoms with Crippen LogP contribution >= 0.6 is 0 Å². The lowest BCUT2D eigenvalue weighted by atomic mass is 9.76. The van der Waals surface area contributed by atoms with Gasteiger partial charge in [0.1, 0.15) is 5.54 Å². The normalized spacial score (nSPS) is 25.7. The number of nitro groups is 1. The Labute approximate surface area is 231 Å². The molecule has 4 aliphatic heterocycles. The molecule has 4 aliphatic rings. The lowest BCUT2D eigenvalue weighted by Crippen LogP contribution is -2.53. The summed E-state index contributed by atoms with van der Waals surface area (Å²) >= 11 is 0. The number of fused-ring (bicyclic) bond motifs is 6. The number of nitrogens with zero attached hydrogens (tertiary/aromatic N) is 2. The molecule has 4 aromatic rings. The largest absolute Gasteiger partial charge is 0.454 e. The number of anilines is 2. The summed E-state index contributed by atoms with van der Waals surface area (Å²) in [6.45, 7) is 0.0292. The van der Waals surface area contributed by atoms with Gasteiger partial charge >= 0.3 is 0 Å². The van der Waals surface area contributed by atoms with E-state index in [9.17, 15) is 24.5 Å². The molecule has 0 saturated carbocycles. The van der Waals surface area contributed by atoms with Gasteiger partial charge in [-0.1, -0.05) is 18.2 Å². The minimum Gasteiger partial charge on any atom is -0.454 e. The monoisotopic (exact) mass is 551 g/mol. The van der Waals surface area contributed by atoms with Gasteiger partial charge in [0.2, 0.25) is 24.5 Å². The number of aromatic amines is 1. The smallest absolute Gasteiger partial charge is 0.269 e. The van der Waals surface area contributed by atoms with Crippen molar-refractivity contribution in [3.05, 3.63) is 88.1 Å². The molecule has 204 valence electrons. The third kappa shape index (κ3) is 3.10. The molecule has 1 spiro atoms. The van der Waals surface area contributed by atoms with Crippen LogP contribution in [0.2, 0.25) is 0 Å². The van der Waals surface area contributed by atoms with Crippen molar-refractivity contribution in [1.29, 1.82) is 0 Å². The number of carbonyl (C=O) groups is 3. The molecular weight excluding hydrogens is 530 g/mol. The first-order valence-corrected chi connectivity index (χ1v) is 13.1. The second-order valence-corrected chi connectivity index (χ2v) is 10.6. The zero-order chi connectivity index (χ0) is 28.0. The number of aromatic nitrogens is 1. The summed E-state index contributed by atoms with van der Waals surface area (Å²) in [5, 5.41) is 18.8. The van der Waals surface area contributed by atoms with Crippen molar-refractivity contribution >= 4 is 45.7 Å². The molecule has 3 N–H and O–H groups in total. The zero-order valence-corrected chi connectivity index (χ0v) is 21.2. The van der Waals surface area contributed by atoms with Gasteiger partial charge in [-0.25, -0.2) is 4.90 Å². The van der Waals surface area contributed by atoms with Crippen LogP contribution in [0.4, 0.5) is 17.1 Å². The molecule has 0 radical (unpaired) electrons. The number of ether oxygens (including phenoxy) is 2. The predicted molar refractivity (Wildman–Crippen MR) is 144 cm³/mol. The van der Waals surface area contributed by atoms with Crippen LogP contribution in [0.5, 0.6) is 11.5 Å². The molecule has 12 heteroatoms. The number of carbonyl (C=O) groups excluding carboxylic acids is 3. The number of nitrogens with one attached hydrogen (secondary N) is 3. The number of benzene rings is 3. The van der Waals surface area contributed by atoms with E-state index in [2.05, 4.69) is 15.6 Å². The number of nitro benzene ring substituents is 1. The third-order valence-corrected chi connectivity index (χ3v) is 8.64. The lowest BCUT2D eigenvalue weighted by molar-refractivity contribution is -0.384. The van der Waals surface area contributed by atoms with Crippen LogP contribution in [-0.2, 0) is 26.3 Å². The standard InChI is InChI=1S/C29H21N5O7/c35-26-24-21(9-14-12-30-19-4-2-1-3-17(14)19)32-29(18-10-16(34(38)39)5-7-20(18)31-28(29)37)25(24)27(36)33(26)15-6-8-22-23(11-15)41-13-40-22/h1-8,10-12,21,24-25,30,32H,9,13H2,(H,31,37)/t21-,24+,25-,29+/m0/s1. The number of rotatable bonds is 4. The summed E-state index contributed by atoms with van der Waals surface area (Å²) < 4.78 is 10.9. The maximum absolute atomic E-state index is 14.3. The van der Waals surface area contributed by atoms with Crippen LogP contribution in [0.25, 0.3) is 10.9 Å². The number of H-pyrrole nitrogens is 1. The average Bonchev–Trinajstić information content (AvgIpc) is 3.76. The Balaban J connectivity index is 1.28. The fraction of sp³-hybridized carbons (Fsp3) is 0.207. The second-order valence-electron chi connectivity index (χ2n) is 10.6. The molecule has 0 bridgehead atoms. The van der Waals surface area contributed by atoms with E-state index in [0.29, 0.717) is 29.3 Å². The predicted octanol–water partition coefficient (Wildman–Crippen LogP) is 2.97. The van der Waals surface area contributed by atoms with E-state index in [1.54, 1.807) is 18.2 Å². The van der Waals surface area contributed by atoms with Crippen molar-refractivity contribution in [2.75, 3.05) is 17.0 Å². The maximum Gasteiger partial charge on any atom is 0.269 e. The minimum absolute atomic E-state index is 0.0292. The van der Waals surface area contributed by atoms with Crippen LogP contribution < -0.4 is 25.0 Å². The SMILES string of the molecule is O=C1[C@@H]2[C@H](Cc3c[nH]c4ccccc34)N[C@@]3(C(=O)Nc4ccc([N+](=O)[O-])cc43)[C@@H]2C(=O)N1c1ccc2c(c1)OCO2. The Morgan fingerprint density at radius 3 is 2.68 bits per heavy atom. The summed E-state index contributed by atoms with van der Waals surface area (Å²) in [4.78, 5) is 57.7.